The van der Waals surface area contributed by atoms with Crippen LogP contribution >= 0.6 is 0 Å². The first-order valence-corrected chi connectivity index (χ1v) is 12.2. The Labute approximate surface area is 205 Å². The van der Waals surface area contributed by atoms with Crippen LogP contribution in [0.3, 0.4) is 0 Å². The van der Waals surface area contributed by atoms with E-state index in [1.807, 2.05) is 13.8 Å². The number of aliphatic hydroxyl groups is 2. The average molecular weight is 493 g/mol. The number of carbonyl (C=O) groups is 3. The molecule has 9 heteroatoms. The number of ketones is 2. The van der Waals surface area contributed by atoms with Gasteiger partial charge in [-0.1, -0.05) is 34.1 Å². The van der Waals surface area contributed by atoms with E-state index in [-0.39, 0.29) is 41.6 Å². The summed E-state index contributed by atoms with van der Waals surface area (Å²) in [5, 5.41) is 42.8. The lowest BCUT2D eigenvalue weighted by Gasteiger charge is -2.39. The van der Waals surface area contributed by atoms with E-state index >= 15 is 0 Å². The second-order valence-electron chi connectivity index (χ2n) is 9.98. The molecule has 2 fully saturated rings. The third-order valence-corrected chi connectivity index (χ3v) is 7.38. The molecule has 2 aliphatic rings. The Hall–Kier alpha value is -2.33. The van der Waals surface area contributed by atoms with Gasteiger partial charge in [-0.05, 0) is 31.7 Å². The van der Waals surface area contributed by atoms with E-state index in [1.165, 1.54) is 13.0 Å². The number of Topliss-reactive ketones (excluding diaryl/α,β-unsaturated/α-hetero) is 2. The van der Waals surface area contributed by atoms with E-state index < -0.39 is 58.8 Å². The Morgan fingerprint density at radius 3 is 2.31 bits per heavy atom. The Kier molecular flexibility index (Phi) is 8.06. The molecule has 1 aromatic rings. The van der Waals surface area contributed by atoms with Gasteiger partial charge in [-0.25, -0.2) is 0 Å². The molecule has 2 heterocycles. The van der Waals surface area contributed by atoms with E-state index in [4.69, 9.17) is 9.47 Å². The van der Waals surface area contributed by atoms with Crippen LogP contribution in [-0.2, 0) is 14.3 Å². The second kappa shape index (κ2) is 10.3. The van der Waals surface area contributed by atoms with Crippen LogP contribution in [0.5, 0.6) is 11.5 Å². The van der Waals surface area contributed by atoms with Gasteiger partial charge < -0.3 is 29.9 Å². The fraction of sp³-hybridized carbons (Fsp3) is 0.654. The first-order valence-electron chi connectivity index (χ1n) is 12.2. The van der Waals surface area contributed by atoms with E-state index in [2.05, 4.69) is 0 Å². The van der Waals surface area contributed by atoms with Crippen molar-refractivity contribution in [1.29, 1.82) is 0 Å². The second-order valence-corrected chi connectivity index (χ2v) is 9.98. The van der Waals surface area contributed by atoms with Crippen LogP contribution in [0, 0.1) is 11.8 Å². The van der Waals surface area contributed by atoms with Gasteiger partial charge in [0.25, 0.3) is 0 Å². The number of benzene rings is 1. The van der Waals surface area contributed by atoms with Gasteiger partial charge in [-0.15, -0.1) is 0 Å². The Morgan fingerprint density at radius 1 is 1.20 bits per heavy atom. The molecule has 35 heavy (non-hydrogen) atoms. The van der Waals surface area contributed by atoms with Gasteiger partial charge in [0.15, 0.2) is 24.0 Å². The van der Waals surface area contributed by atoms with E-state index in [1.54, 1.807) is 13.8 Å². The van der Waals surface area contributed by atoms with Crippen LogP contribution < -0.4 is 0 Å². The zero-order chi connectivity index (χ0) is 26.2. The molecule has 7 atom stereocenters. The summed E-state index contributed by atoms with van der Waals surface area (Å²) < 4.78 is 11.3. The number of rotatable bonds is 10. The molecular weight excluding hydrogens is 456 g/mol. The largest absolute Gasteiger partial charge is 0.507 e. The van der Waals surface area contributed by atoms with Gasteiger partial charge >= 0.3 is 0 Å². The lowest BCUT2D eigenvalue weighted by molar-refractivity contribution is -0.239. The number of phenolic OH excluding ortho intramolecular Hbond substituents is 2. The summed E-state index contributed by atoms with van der Waals surface area (Å²) in [5.41, 5.74) is -1.79. The molecule has 0 amide bonds. The molecule has 7 unspecified atom stereocenters. The highest BCUT2D eigenvalue weighted by Gasteiger charge is 2.68. The van der Waals surface area contributed by atoms with Gasteiger partial charge in [0, 0.05) is 23.8 Å². The zero-order valence-electron chi connectivity index (χ0n) is 20.9. The maximum Gasteiger partial charge on any atom is 0.189 e. The van der Waals surface area contributed by atoms with Gasteiger partial charge in [-0.3, -0.25) is 14.4 Å². The number of phenols is 2. The van der Waals surface area contributed by atoms with Gasteiger partial charge in [-0.2, -0.15) is 0 Å². The summed E-state index contributed by atoms with van der Waals surface area (Å²) in [7, 11) is 0. The van der Waals surface area contributed by atoms with Crippen molar-refractivity contribution in [2.45, 2.75) is 96.4 Å². The van der Waals surface area contributed by atoms with Crippen molar-refractivity contribution < 1.29 is 44.3 Å². The molecule has 0 radical (unpaired) electrons. The summed E-state index contributed by atoms with van der Waals surface area (Å²) in [6.07, 6.45) is -1.92. The van der Waals surface area contributed by atoms with Crippen molar-refractivity contribution in [1.82, 2.24) is 0 Å². The Balaban J connectivity index is 2.03. The number of aliphatic hydroxyl groups excluding tert-OH is 2. The topological polar surface area (TPSA) is 154 Å². The standard InChI is InChI=1S/C26H36O9/c1-6-8-14(18-10-19(29)26(25(33)34-18)20(7-2)35-26)22(30)16-9-15(21(12(3)4)13(5)28)23(31)17(11-27)24(16)32/h9,11-12,14,18-21,25,29,31-33H,6-8,10H2,1-5H3. The number of epoxide rings is 1. The monoisotopic (exact) mass is 492 g/mol. The van der Waals surface area contributed by atoms with Gasteiger partial charge in [0.1, 0.15) is 17.3 Å². The molecule has 1 aromatic carbocycles. The molecule has 0 bridgehead atoms. The third kappa shape index (κ3) is 4.62. The van der Waals surface area contributed by atoms with Crippen LogP contribution in [0.15, 0.2) is 6.07 Å². The molecule has 3 rings (SSSR count). The minimum absolute atomic E-state index is 0.0400. The molecule has 1 spiro atoms. The highest BCUT2D eigenvalue weighted by atomic mass is 16.7. The van der Waals surface area contributed by atoms with Gasteiger partial charge in [0.2, 0.25) is 0 Å². The van der Waals surface area contributed by atoms with Gasteiger partial charge in [0.05, 0.1) is 29.4 Å². The Morgan fingerprint density at radius 2 is 1.86 bits per heavy atom. The van der Waals surface area contributed by atoms with Crippen LogP contribution in [0.25, 0.3) is 0 Å². The minimum Gasteiger partial charge on any atom is -0.507 e. The number of ether oxygens (including phenoxy) is 2. The predicted octanol–water partition coefficient (Wildman–Crippen LogP) is 2.85. The zero-order valence-corrected chi connectivity index (χ0v) is 20.9. The molecule has 9 nitrogen and oxygen atoms in total. The first kappa shape index (κ1) is 27.3. The third-order valence-electron chi connectivity index (χ3n) is 7.38. The predicted molar refractivity (Wildman–Crippen MR) is 126 cm³/mol. The van der Waals surface area contributed by atoms with Crippen LogP contribution in [0.4, 0.5) is 0 Å². The molecule has 2 aliphatic heterocycles. The summed E-state index contributed by atoms with van der Waals surface area (Å²) in [5.74, 6) is -3.94. The summed E-state index contributed by atoms with van der Waals surface area (Å²) in [6, 6.07) is 1.27. The molecular formula is C26H36O9. The smallest absolute Gasteiger partial charge is 0.189 e. The summed E-state index contributed by atoms with van der Waals surface area (Å²) in [6.45, 7) is 8.64. The molecule has 0 aliphatic carbocycles. The number of carbonyl (C=O) groups excluding carboxylic acids is 3. The molecule has 2 saturated heterocycles. The van der Waals surface area contributed by atoms with Crippen LogP contribution in [0.1, 0.15) is 92.5 Å². The average Bonchev–Trinajstić information content (AvgIpc) is 3.53. The number of aldehydes is 1. The molecule has 0 saturated carbocycles. The molecule has 0 aromatic heterocycles. The first-order chi connectivity index (χ1) is 16.5. The number of hydrogen-bond donors (Lipinski definition) is 4. The van der Waals surface area contributed by atoms with Crippen molar-refractivity contribution in [3.8, 4) is 11.5 Å². The van der Waals surface area contributed by atoms with E-state index in [0.29, 0.717) is 19.3 Å². The fourth-order valence-corrected chi connectivity index (χ4v) is 5.57. The van der Waals surface area contributed by atoms with Crippen molar-refractivity contribution in [2.24, 2.45) is 11.8 Å². The lowest BCUT2D eigenvalue weighted by atomic mass is 9.78. The van der Waals surface area contributed by atoms with Crippen molar-refractivity contribution in [2.75, 3.05) is 0 Å². The van der Waals surface area contributed by atoms with Crippen molar-refractivity contribution >= 4 is 17.9 Å². The van der Waals surface area contributed by atoms with Crippen LogP contribution in [0.2, 0.25) is 0 Å². The fourth-order valence-electron chi connectivity index (χ4n) is 5.57. The summed E-state index contributed by atoms with van der Waals surface area (Å²) >= 11 is 0. The highest BCUT2D eigenvalue weighted by molar-refractivity contribution is 6.04. The summed E-state index contributed by atoms with van der Waals surface area (Å²) in [4.78, 5) is 37.8. The van der Waals surface area contributed by atoms with E-state index in [0.717, 1.165) is 0 Å². The molecule has 4 N–H and O–H groups in total. The quantitative estimate of drug-likeness (QED) is 0.219. The lowest BCUT2D eigenvalue weighted by Crippen LogP contribution is -2.55. The van der Waals surface area contributed by atoms with Crippen molar-refractivity contribution in [3.63, 3.8) is 0 Å². The minimum atomic E-state index is -1.43. The number of aromatic hydroxyl groups is 2. The Bertz CT molecular complexity index is 974. The SMILES string of the molecule is CCCC(C(=O)c1cc(C(C(C)=O)C(C)C)c(O)c(C=O)c1O)C1CC(O)C2(OC2CC)C(O)O1. The maximum absolute atomic E-state index is 13.7. The van der Waals surface area contributed by atoms with Crippen molar-refractivity contribution in [3.05, 3.63) is 22.8 Å². The van der Waals surface area contributed by atoms with Crippen LogP contribution in [-0.4, -0.2) is 68.5 Å². The maximum atomic E-state index is 13.7. The molecule has 194 valence electrons. The highest BCUT2D eigenvalue weighted by Crippen LogP contribution is 2.50. The van der Waals surface area contributed by atoms with E-state index in [9.17, 15) is 34.8 Å². The number of hydrogen-bond acceptors (Lipinski definition) is 9. The normalized spacial score (nSPS) is 29.7.